The van der Waals surface area contributed by atoms with Crippen LogP contribution in [0.2, 0.25) is 0 Å². The topological polar surface area (TPSA) is 123 Å². The van der Waals surface area contributed by atoms with Gasteiger partial charge in [-0.3, -0.25) is 10.1 Å². The number of hydrogen-bond donors (Lipinski definition) is 3. The van der Waals surface area contributed by atoms with E-state index in [1.165, 1.54) is 0 Å². The van der Waals surface area contributed by atoms with E-state index in [0.29, 0.717) is 16.9 Å². The van der Waals surface area contributed by atoms with Gasteiger partial charge in [-0.1, -0.05) is 42.5 Å². The lowest BCUT2D eigenvalue weighted by Crippen LogP contribution is -2.13. The monoisotopic (exact) mass is 337 g/mol. The van der Waals surface area contributed by atoms with Crippen LogP contribution in [-0.2, 0) is 11.3 Å². The molecule has 2 amide bonds. The Morgan fingerprint density at radius 2 is 1.76 bits per heavy atom. The van der Waals surface area contributed by atoms with Crippen LogP contribution in [0.5, 0.6) is 0 Å². The van der Waals surface area contributed by atoms with Crippen molar-refractivity contribution in [2.24, 2.45) is 5.73 Å². The van der Waals surface area contributed by atoms with E-state index in [0.717, 1.165) is 5.56 Å². The molecule has 0 aliphatic carbocycles. The van der Waals surface area contributed by atoms with Gasteiger partial charge in [0.15, 0.2) is 5.69 Å². The zero-order valence-corrected chi connectivity index (χ0v) is 13.1. The Labute approximate surface area is 143 Å². The summed E-state index contributed by atoms with van der Waals surface area (Å²) in [6.07, 6.45) is -0.559. The van der Waals surface area contributed by atoms with Crippen LogP contribution >= 0.6 is 0 Å². The highest BCUT2D eigenvalue weighted by Gasteiger charge is 2.15. The van der Waals surface area contributed by atoms with Gasteiger partial charge >= 0.3 is 6.09 Å². The molecular formula is C17H15N5O3. The second-order valence-electron chi connectivity index (χ2n) is 5.15. The Kier molecular flexibility index (Phi) is 4.70. The molecule has 3 aromatic rings. The number of aromatic amines is 1. The fourth-order valence-corrected chi connectivity index (χ4v) is 2.19. The number of primary amides is 1. The molecule has 0 aliphatic heterocycles. The van der Waals surface area contributed by atoms with Gasteiger partial charge in [0.1, 0.15) is 12.3 Å². The molecule has 126 valence electrons. The van der Waals surface area contributed by atoms with Crippen LogP contribution in [0.1, 0.15) is 16.1 Å². The highest BCUT2D eigenvalue weighted by Crippen LogP contribution is 2.21. The summed E-state index contributed by atoms with van der Waals surface area (Å²) in [6, 6.07) is 16.1. The normalized spacial score (nSPS) is 10.2. The third kappa shape index (κ3) is 3.99. The first-order chi connectivity index (χ1) is 12.1. The number of carbonyl (C=O) groups is 2. The molecule has 8 heteroatoms. The summed E-state index contributed by atoms with van der Waals surface area (Å²) in [5.41, 5.74) is 7.74. The molecule has 0 atom stereocenters. The van der Waals surface area contributed by atoms with Crippen molar-refractivity contribution in [2.45, 2.75) is 6.61 Å². The summed E-state index contributed by atoms with van der Waals surface area (Å²) in [5.74, 6) is -0.671. The van der Waals surface area contributed by atoms with E-state index in [9.17, 15) is 9.59 Å². The molecule has 4 N–H and O–H groups in total. The molecular weight excluding hydrogens is 322 g/mol. The van der Waals surface area contributed by atoms with Crippen molar-refractivity contribution in [3.8, 4) is 11.3 Å². The van der Waals surface area contributed by atoms with E-state index in [1.54, 1.807) is 24.3 Å². The van der Waals surface area contributed by atoms with Crippen molar-refractivity contribution < 1.29 is 14.3 Å². The lowest BCUT2D eigenvalue weighted by molar-refractivity contribution is 0.0996. The third-order valence-electron chi connectivity index (χ3n) is 3.40. The highest BCUT2D eigenvalue weighted by atomic mass is 16.5. The summed E-state index contributed by atoms with van der Waals surface area (Å²) in [5, 5.41) is 12.6. The molecule has 0 aliphatic rings. The number of H-pyrrole nitrogens is 1. The number of ether oxygens (including phenoxy) is 1. The van der Waals surface area contributed by atoms with Crippen LogP contribution in [0.25, 0.3) is 11.3 Å². The standard InChI is InChI=1S/C17H15N5O3/c18-16(23)15-14(20-22-21-15)12-6-8-13(9-7-12)19-17(24)25-10-11-4-2-1-3-5-11/h1-9H,10H2,(H2,18,23)(H,19,24)(H,20,21,22). The molecule has 25 heavy (non-hydrogen) atoms. The molecule has 1 heterocycles. The molecule has 0 saturated carbocycles. The van der Waals surface area contributed by atoms with Crippen molar-refractivity contribution >= 4 is 17.7 Å². The van der Waals surface area contributed by atoms with Crippen LogP contribution in [0, 0.1) is 0 Å². The molecule has 0 bridgehead atoms. The molecule has 0 unspecified atom stereocenters. The molecule has 1 aromatic heterocycles. The number of benzene rings is 2. The van der Waals surface area contributed by atoms with Gasteiger partial charge in [0.2, 0.25) is 0 Å². The van der Waals surface area contributed by atoms with Gasteiger partial charge in [-0.15, -0.1) is 0 Å². The summed E-state index contributed by atoms with van der Waals surface area (Å²) in [4.78, 5) is 23.1. The predicted molar refractivity (Wildman–Crippen MR) is 90.6 cm³/mol. The zero-order valence-electron chi connectivity index (χ0n) is 13.1. The number of nitrogens with zero attached hydrogens (tertiary/aromatic N) is 2. The molecule has 0 radical (unpaired) electrons. The van der Waals surface area contributed by atoms with Crippen LogP contribution in [0.4, 0.5) is 10.5 Å². The maximum Gasteiger partial charge on any atom is 0.411 e. The smallest absolute Gasteiger partial charge is 0.411 e. The molecule has 2 aromatic carbocycles. The van der Waals surface area contributed by atoms with Crippen molar-refractivity contribution in [1.29, 1.82) is 0 Å². The van der Waals surface area contributed by atoms with E-state index in [4.69, 9.17) is 10.5 Å². The summed E-state index contributed by atoms with van der Waals surface area (Å²) >= 11 is 0. The number of carbonyl (C=O) groups excluding carboxylic acids is 2. The number of rotatable bonds is 5. The van der Waals surface area contributed by atoms with Gasteiger partial charge < -0.3 is 10.5 Å². The minimum absolute atomic E-state index is 0.0583. The van der Waals surface area contributed by atoms with Gasteiger partial charge in [0.25, 0.3) is 5.91 Å². The van der Waals surface area contributed by atoms with E-state index >= 15 is 0 Å². The Morgan fingerprint density at radius 1 is 1.04 bits per heavy atom. The van der Waals surface area contributed by atoms with E-state index < -0.39 is 12.0 Å². The van der Waals surface area contributed by atoms with E-state index in [1.807, 2.05) is 30.3 Å². The second kappa shape index (κ2) is 7.26. The molecule has 0 spiro atoms. The average Bonchev–Trinajstić information content (AvgIpc) is 3.12. The number of aromatic nitrogens is 3. The number of anilines is 1. The maximum absolute atomic E-state index is 11.8. The Morgan fingerprint density at radius 3 is 2.44 bits per heavy atom. The number of nitrogens with one attached hydrogen (secondary N) is 2. The van der Waals surface area contributed by atoms with Crippen molar-refractivity contribution in [3.63, 3.8) is 0 Å². The average molecular weight is 337 g/mol. The van der Waals surface area contributed by atoms with Gasteiger partial charge in [0.05, 0.1) is 0 Å². The minimum Gasteiger partial charge on any atom is -0.444 e. The summed E-state index contributed by atoms with van der Waals surface area (Å²) in [6.45, 7) is 0.186. The van der Waals surface area contributed by atoms with Crippen LogP contribution < -0.4 is 11.1 Å². The highest BCUT2D eigenvalue weighted by molar-refractivity contribution is 5.96. The summed E-state index contributed by atoms with van der Waals surface area (Å²) in [7, 11) is 0. The SMILES string of the molecule is NC(=O)c1n[nH]nc1-c1ccc(NC(=O)OCc2ccccc2)cc1. The Bertz CT molecular complexity index is 875. The largest absolute Gasteiger partial charge is 0.444 e. The van der Waals surface area contributed by atoms with Crippen LogP contribution in [-0.4, -0.2) is 27.4 Å². The fraction of sp³-hybridized carbons (Fsp3) is 0.0588. The van der Waals surface area contributed by atoms with E-state index in [2.05, 4.69) is 20.7 Å². The van der Waals surface area contributed by atoms with Crippen molar-refractivity contribution in [3.05, 3.63) is 65.9 Å². The fourth-order valence-electron chi connectivity index (χ4n) is 2.19. The Hall–Kier alpha value is -3.68. The molecule has 0 saturated heterocycles. The third-order valence-corrected chi connectivity index (χ3v) is 3.40. The number of amides is 2. The first-order valence-electron chi connectivity index (χ1n) is 7.42. The van der Waals surface area contributed by atoms with Crippen LogP contribution in [0.15, 0.2) is 54.6 Å². The lowest BCUT2D eigenvalue weighted by Gasteiger charge is -2.07. The predicted octanol–water partition coefficient (Wildman–Crippen LogP) is 2.32. The quantitative estimate of drug-likeness (QED) is 0.659. The molecule has 3 rings (SSSR count). The Balaban J connectivity index is 1.61. The summed E-state index contributed by atoms with van der Waals surface area (Å²) < 4.78 is 5.15. The number of nitrogens with two attached hydrogens (primary N) is 1. The van der Waals surface area contributed by atoms with Gasteiger partial charge in [-0.2, -0.15) is 15.4 Å². The number of hydrogen-bond acceptors (Lipinski definition) is 5. The maximum atomic E-state index is 11.8. The zero-order chi connectivity index (χ0) is 17.6. The second-order valence-corrected chi connectivity index (χ2v) is 5.15. The van der Waals surface area contributed by atoms with Gasteiger partial charge in [0, 0.05) is 11.3 Å². The lowest BCUT2D eigenvalue weighted by atomic mass is 10.1. The van der Waals surface area contributed by atoms with Crippen molar-refractivity contribution in [1.82, 2.24) is 15.4 Å². The minimum atomic E-state index is -0.671. The van der Waals surface area contributed by atoms with Crippen molar-refractivity contribution in [2.75, 3.05) is 5.32 Å². The van der Waals surface area contributed by atoms with Gasteiger partial charge in [-0.25, -0.2) is 4.79 Å². The molecule has 8 nitrogen and oxygen atoms in total. The first kappa shape index (κ1) is 16.2. The van der Waals surface area contributed by atoms with Gasteiger partial charge in [-0.05, 0) is 17.7 Å². The van der Waals surface area contributed by atoms with E-state index in [-0.39, 0.29) is 12.3 Å². The van der Waals surface area contributed by atoms with Crippen LogP contribution in [0.3, 0.4) is 0 Å². The first-order valence-corrected chi connectivity index (χ1v) is 7.42. The molecule has 0 fully saturated rings.